The Morgan fingerprint density at radius 2 is 1.92 bits per heavy atom. The van der Waals surface area contributed by atoms with Gasteiger partial charge in [-0.2, -0.15) is 0 Å². The van der Waals surface area contributed by atoms with Gasteiger partial charge < -0.3 is 5.32 Å². The first-order valence-corrected chi connectivity index (χ1v) is 4.95. The van der Waals surface area contributed by atoms with Gasteiger partial charge in [-0.05, 0) is 44.9 Å². The minimum atomic E-state index is 0.316. The van der Waals surface area contributed by atoms with Gasteiger partial charge in [0.05, 0.1) is 0 Å². The highest BCUT2D eigenvalue weighted by Crippen LogP contribution is 2.46. The van der Waals surface area contributed by atoms with Crippen molar-refractivity contribution in [2.75, 3.05) is 7.05 Å². The van der Waals surface area contributed by atoms with Crippen molar-refractivity contribution < 1.29 is 0 Å². The van der Waals surface area contributed by atoms with Gasteiger partial charge in [0.25, 0.3) is 0 Å². The molecule has 1 N–H and O–H groups in total. The van der Waals surface area contributed by atoms with E-state index in [0.29, 0.717) is 5.54 Å². The third-order valence-corrected chi connectivity index (χ3v) is 3.14. The maximum atomic E-state index is 3.44. The van der Waals surface area contributed by atoms with E-state index in [0.717, 1.165) is 0 Å². The molecule has 0 unspecified atom stereocenters. The smallest absolute Gasteiger partial charge is 0.0436 e. The molecule has 1 aliphatic carbocycles. The molecule has 0 aliphatic heterocycles. The lowest BCUT2D eigenvalue weighted by molar-refractivity contribution is 0.582. The molecule has 0 heterocycles. The molecule has 1 aliphatic rings. The standard InChI is InChI=1S/C12H17N/c1-9-4-5-10(2)11(8-9)12(13-3)6-7-12/h4-5,8,13H,6-7H2,1-3H3. The third-order valence-electron chi connectivity index (χ3n) is 3.14. The summed E-state index contributed by atoms with van der Waals surface area (Å²) in [6, 6.07) is 6.73. The Morgan fingerprint density at radius 1 is 1.23 bits per heavy atom. The lowest BCUT2D eigenvalue weighted by Crippen LogP contribution is -2.25. The highest BCUT2D eigenvalue weighted by atomic mass is 15.0. The van der Waals surface area contributed by atoms with Crippen LogP contribution in [0.25, 0.3) is 0 Å². The van der Waals surface area contributed by atoms with Gasteiger partial charge in [-0.3, -0.25) is 0 Å². The fraction of sp³-hybridized carbons (Fsp3) is 0.500. The molecule has 0 bridgehead atoms. The van der Waals surface area contributed by atoms with Gasteiger partial charge in [0.1, 0.15) is 0 Å². The zero-order valence-corrected chi connectivity index (χ0v) is 8.65. The molecule has 13 heavy (non-hydrogen) atoms. The van der Waals surface area contributed by atoms with Crippen molar-refractivity contribution in [3.63, 3.8) is 0 Å². The summed E-state index contributed by atoms with van der Waals surface area (Å²) in [4.78, 5) is 0. The summed E-state index contributed by atoms with van der Waals surface area (Å²) < 4.78 is 0. The van der Waals surface area contributed by atoms with E-state index >= 15 is 0 Å². The number of rotatable bonds is 2. The molecule has 1 saturated carbocycles. The first-order chi connectivity index (χ1) is 6.18. The Kier molecular flexibility index (Phi) is 1.92. The van der Waals surface area contributed by atoms with Crippen LogP contribution >= 0.6 is 0 Å². The first kappa shape index (κ1) is 8.76. The molecule has 1 nitrogen and oxygen atoms in total. The number of hydrogen-bond donors (Lipinski definition) is 1. The maximum Gasteiger partial charge on any atom is 0.0436 e. The average molecular weight is 175 g/mol. The Hall–Kier alpha value is -0.820. The zero-order chi connectivity index (χ0) is 9.47. The number of nitrogens with one attached hydrogen (secondary N) is 1. The predicted octanol–water partition coefficient (Wildman–Crippen LogP) is 2.51. The van der Waals surface area contributed by atoms with E-state index in [9.17, 15) is 0 Å². The van der Waals surface area contributed by atoms with Crippen LogP contribution in [-0.4, -0.2) is 7.05 Å². The van der Waals surface area contributed by atoms with Crippen molar-refractivity contribution in [2.45, 2.75) is 32.2 Å². The van der Waals surface area contributed by atoms with E-state index in [4.69, 9.17) is 0 Å². The van der Waals surface area contributed by atoms with Crippen LogP contribution in [-0.2, 0) is 5.54 Å². The zero-order valence-electron chi connectivity index (χ0n) is 8.65. The van der Waals surface area contributed by atoms with Crippen LogP contribution in [0.5, 0.6) is 0 Å². The lowest BCUT2D eigenvalue weighted by Gasteiger charge is -2.17. The van der Waals surface area contributed by atoms with Crippen molar-refractivity contribution in [2.24, 2.45) is 0 Å². The van der Waals surface area contributed by atoms with E-state index in [1.165, 1.54) is 29.5 Å². The van der Waals surface area contributed by atoms with E-state index in [-0.39, 0.29) is 0 Å². The monoisotopic (exact) mass is 175 g/mol. The number of hydrogen-bond acceptors (Lipinski definition) is 1. The molecule has 70 valence electrons. The molecule has 0 aromatic heterocycles. The maximum absolute atomic E-state index is 3.44. The summed E-state index contributed by atoms with van der Waals surface area (Å²) in [6.07, 6.45) is 2.57. The van der Waals surface area contributed by atoms with Crippen LogP contribution in [0.15, 0.2) is 18.2 Å². The van der Waals surface area contributed by atoms with Gasteiger partial charge in [0.15, 0.2) is 0 Å². The molecule has 0 atom stereocenters. The first-order valence-electron chi connectivity index (χ1n) is 4.95. The Balaban J connectivity index is 2.44. The van der Waals surface area contributed by atoms with Crippen LogP contribution in [0.4, 0.5) is 0 Å². The average Bonchev–Trinajstić information content (AvgIpc) is 2.90. The number of benzene rings is 1. The molecule has 0 spiro atoms. The fourth-order valence-corrected chi connectivity index (χ4v) is 2.03. The fourth-order valence-electron chi connectivity index (χ4n) is 2.03. The summed E-state index contributed by atoms with van der Waals surface area (Å²) in [7, 11) is 2.06. The molecule has 0 saturated heterocycles. The van der Waals surface area contributed by atoms with Crippen LogP contribution in [0.1, 0.15) is 29.5 Å². The minimum absolute atomic E-state index is 0.316. The molecule has 1 heteroatoms. The van der Waals surface area contributed by atoms with Gasteiger partial charge in [-0.15, -0.1) is 0 Å². The van der Waals surface area contributed by atoms with Crippen molar-refractivity contribution in [3.05, 3.63) is 34.9 Å². The van der Waals surface area contributed by atoms with Gasteiger partial charge in [-0.1, -0.05) is 23.8 Å². The second-order valence-electron chi connectivity index (χ2n) is 4.15. The molecule has 1 aromatic carbocycles. The largest absolute Gasteiger partial charge is 0.310 e. The molecule has 0 radical (unpaired) electrons. The van der Waals surface area contributed by atoms with Crippen LogP contribution in [0.3, 0.4) is 0 Å². The summed E-state index contributed by atoms with van der Waals surface area (Å²) in [5, 5.41) is 3.44. The van der Waals surface area contributed by atoms with E-state index in [1.807, 2.05) is 0 Å². The molecule has 0 amide bonds. The van der Waals surface area contributed by atoms with Crippen LogP contribution < -0.4 is 5.32 Å². The molecule has 1 aromatic rings. The topological polar surface area (TPSA) is 12.0 Å². The summed E-state index contributed by atoms with van der Waals surface area (Å²) in [5.41, 5.74) is 4.59. The number of aryl methyl sites for hydroxylation is 2. The van der Waals surface area contributed by atoms with Crippen LogP contribution in [0, 0.1) is 13.8 Å². The van der Waals surface area contributed by atoms with E-state index < -0.39 is 0 Å². The summed E-state index contributed by atoms with van der Waals surface area (Å²) >= 11 is 0. The minimum Gasteiger partial charge on any atom is -0.310 e. The Bertz CT molecular complexity index is 324. The lowest BCUT2D eigenvalue weighted by atomic mass is 9.97. The van der Waals surface area contributed by atoms with Gasteiger partial charge in [-0.25, -0.2) is 0 Å². The molecular weight excluding hydrogens is 158 g/mol. The van der Waals surface area contributed by atoms with Crippen molar-refractivity contribution in [3.8, 4) is 0 Å². The normalized spacial score (nSPS) is 18.7. The van der Waals surface area contributed by atoms with Gasteiger partial charge >= 0.3 is 0 Å². The molecule has 1 fully saturated rings. The van der Waals surface area contributed by atoms with E-state index in [1.54, 1.807) is 0 Å². The Labute approximate surface area is 80.2 Å². The van der Waals surface area contributed by atoms with E-state index in [2.05, 4.69) is 44.4 Å². The molecular formula is C12H17N. The second kappa shape index (κ2) is 2.85. The van der Waals surface area contributed by atoms with Crippen molar-refractivity contribution in [1.29, 1.82) is 0 Å². The van der Waals surface area contributed by atoms with Crippen LogP contribution in [0.2, 0.25) is 0 Å². The van der Waals surface area contributed by atoms with Gasteiger partial charge in [0, 0.05) is 5.54 Å². The Morgan fingerprint density at radius 3 is 2.46 bits per heavy atom. The highest BCUT2D eigenvalue weighted by Gasteiger charge is 2.43. The predicted molar refractivity (Wildman–Crippen MR) is 55.9 cm³/mol. The van der Waals surface area contributed by atoms with Crippen molar-refractivity contribution in [1.82, 2.24) is 5.32 Å². The van der Waals surface area contributed by atoms with Crippen molar-refractivity contribution >= 4 is 0 Å². The second-order valence-corrected chi connectivity index (χ2v) is 4.15. The summed E-state index contributed by atoms with van der Waals surface area (Å²) in [5.74, 6) is 0. The van der Waals surface area contributed by atoms with Gasteiger partial charge in [0.2, 0.25) is 0 Å². The molecule has 2 rings (SSSR count). The highest BCUT2D eigenvalue weighted by molar-refractivity contribution is 5.39. The third kappa shape index (κ3) is 1.37. The quantitative estimate of drug-likeness (QED) is 0.728. The SMILES string of the molecule is CNC1(c2cc(C)ccc2C)CC1. The summed E-state index contributed by atoms with van der Waals surface area (Å²) in [6.45, 7) is 4.36.